The quantitative estimate of drug-likeness (QED) is 0.0282. The summed E-state index contributed by atoms with van der Waals surface area (Å²) >= 11 is 3.86. The number of nitrogens with one attached hydrogen (secondary N) is 1. The van der Waals surface area contributed by atoms with E-state index in [1.807, 2.05) is 23.5 Å². The average Bonchev–Trinajstić information content (AvgIpc) is 3.85. The summed E-state index contributed by atoms with van der Waals surface area (Å²) in [7, 11) is 1.69. The monoisotopic (exact) mass is 1040 g/mol. The van der Waals surface area contributed by atoms with Crippen LogP contribution in [0.2, 0.25) is 0 Å². The summed E-state index contributed by atoms with van der Waals surface area (Å²) in [5, 5.41) is 10.7. The van der Waals surface area contributed by atoms with Gasteiger partial charge in [0.15, 0.2) is 0 Å². The van der Waals surface area contributed by atoms with Gasteiger partial charge < -0.3 is 10.2 Å². The molecule has 1 N–H and O–H groups in total. The van der Waals surface area contributed by atoms with E-state index >= 15 is 0 Å². The number of thioether (sulfide) groups is 2. The van der Waals surface area contributed by atoms with Crippen molar-refractivity contribution in [2.75, 3.05) is 51.3 Å². The summed E-state index contributed by atoms with van der Waals surface area (Å²) in [5.41, 5.74) is 9.98. The minimum Gasteiger partial charge on any atom is -0.399 e. The molecule has 0 spiro atoms. The lowest BCUT2D eigenvalue weighted by molar-refractivity contribution is -0.122. The number of fused-ring (bicyclic) bond motifs is 3. The molecule has 2 heterocycles. The van der Waals surface area contributed by atoms with Gasteiger partial charge >= 0.3 is 0 Å². The SMILES string of the molecule is CCC(=NOC)[C@@H]1C2CCC(C[C@@H]1c1ccc3ccccc3c1)N2CCCN(CCSC(c1ccccc1)(c1ccccc1)c1ccccc1)CC(=O)NCCSC(c1ccccc1)(c1ccccc1)c1ccccc1. The maximum atomic E-state index is 14.5. The molecule has 8 heteroatoms. The molecule has 0 radical (unpaired) electrons. The van der Waals surface area contributed by atoms with E-state index in [1.54, 1.807) is 7.11 Å². The lowest BCUT2D eigenvalue weighted by atomic mass is 9.72. The van der Waals surface area contributed by atoms with Crippen LogP contribution in [0.3, 0.4) is 0 Å². The first-order valence-electron chi connectivity index (χ1n) is 27.5. The average molecular weight is 1040 g/mol. The van der Waals surface area contributed by atoms with Crippen LogP contribution in [0.15, 0.2) is 230 Å². The number of rotatable bonds is 24. The number of hydrogen-bond acceptors (Lipinski definition) is 7. The van der Waals surface area contributed by atoms with Gasteiger partial charge in [0.1, 0.15) is 7.11 Å². The van der Waals surface area contributed by atoms with Crippen LogP contribution in [0.25, 0.3) is 10.8 Å². The number of amides is 1. The molecule has 8 aromatic carbocycles. The molecule has 10 rings (SSSR count). The largest absolute Gasteiger partial charge is 0.399 e. The Balaban J connectivity index is 0.885. The molecule has 0 aliphatic carbocycles. The van der Waals surface area contributed by atoms with E-state index in [0.717, 1.165) is 62.5 Å². The Bertz CT molecular complexity index is 2900. The fourth-order valence-electron chi connectivity index (χ4n) is 12.6. The molecular weight excluding hydrogens is 969 g/mol. The molecule has 0 aromatic heterocycles. The van der Waals surface area contributed by atoms with E-state index in [1.165, 1.54) is 56.1 Å². The molecule has 2 bridgehead atoms. The third-order valence-electron chi connectivity index (χ3n) is 16.0. The van der Waals surface area contributed by atoms with Gasteiger partial charge in [-0.1, -0.05) is 237 Å². The fraction of sp³-hybridized carbons (Fsp3) is 0.294. The van der Waals surface area contributed by atoms with Gasteiger partial charge in [0, 0.05) is 42.6 Å². The van der Waals surface area contributed by atoms with Crippen LogP contribution in [0.5, 0.6) is 0 Å². The van der Waals surface area contributed by atoms with Gasteiger partial charge in [-0.15, -0.1) is 23.5 Å². The third-order valence-corrected chi connectivity index (χ3v) is 19.1. The number of carbonyl (C=O) groups is 1. The summed E-state index contributed by atoms with van der Waals surface area (Å²) in [6, 6.07) is 82.0. The Morgan fingerprint density at radius 2 is 1.08 bits per heavy atom. The number of nitrogens with zero attached hydrogens (tertiary/aromatic N) is 3. The van der Waals surface area contributed by atoms with Gasteiger partial charge in [-0.2, -0.15) is 0 Å². The molecular formula is C68H72N4O2S2. The van der Waals surface area contributed by atoms with E-state index in [9.17, 15) is 4.79 Å². The molecule has 388 valence electrons. The first kappa shape index (κ1) is 53.0. The zero-order valence-electron chi connectivity index (χ0n) is 44.1. The molecule has 4 atom stereocenters. The number of oxime groups is 1. The van der Waals surface area contributed by atoms with E-state index in [2.05, 4.69) is 246 Å². The fourth-order valence-corrected chi connectivity index (χ4v) is 15.6. The van der Waals surface area contributed by atoms with Crippen molar-refractivity contribution in [3.63, 3.8) is 0 Å². The molecule has 8 aromatic rings. The Hall–Kier alpha value is -6.42. The molecule has 2 aliphatic heterocycles. The van der Waals surface area contributed by atoms with Crippen molar-refractivity contribution < 1.29 is 9.63 Å². The van der Waals surface area contributed by atoms with Crippen LogP contribution >= 0.6 is 23.5 Å². The maximum absolute atomic E-state index is 14.5. The molecule has 76 heavy (non-hydrogen) atoms. The first-order valence-corrected chi connectivity index (χ1v) is 29.4. The zero-order chi connectivity index (χ0) is 52.0. The van der Waals surface area contributed by atoms with Crippen molar-refractivity contribution in [3.05, 3.63) is 263 Å². The highest BCUT2D eigenvalue weighted by Crippen LogP contribution is 2.51. The van der Waals surface area contributed by atoms with Crippen molar-refractivity contribution in [1.29, 1.82) is 0 Å². The lowest BCUT2D eigenvalue weighted by Gasteiger charge is -2.45. The van der Waals surface area contributed by atoms with Gasteiger partial charge in [-0.3, -0.25) is 14.6 Å². The van der Waals surface area contributed by atoms with Crippen LogP contribution in [0.1, 0.15) is 83.9 Å². The molecule has 2 saturated heterocycles. The maximum Gasteiger partial charge on any atom is 0.234 e. The van der Waals surface area contributed by atoms with E-state index in [0.29, 0.717) is 31.1 Å². The summed E-state index contributed by atoms with van der Waals surface area (Å²) in [4.78, 5) is 25.3. The normalized spacial score (nSPS) is 18.0. The lowest BCUT2D eigenvalue weighted by Crippen LogP contribution is -2.51. The van der Waals surface area contributed by atoms with Gasteiger partial charge in [-0.05, 0) is 101 Å². The van der Waals surface area contributed by atoms with Crippen molar-refractivity contribution in [2.45, 2.75) is 66.5 Å². The van der Waals surface area contributed by atoms with Gasteiger partial charge in [-0.25, -0.2) is 0 Å². The molecule has 6 nitrogen and oxygen atoms in total. The van der Waals surface area contributed by atoms with Gasteiger partial charge in [0.2, 0.25) is 5.91 Å². The van der Waals surface area contributed by atoms with E-state index < -0.39 is 9.49 Å². The molecule has 2 unspecified atom stereocenters. The second-order valence-corrected chi connectivity index (χ2v) is 23.0. The predicted octanol–water partition coefficient (Wildman–Crippen LogP) is 14.4. The second-order valence-electron chi connectivity index (χ2n) is 20.4. The number of benzene rings is 8. The summed E-state index contributed by atoms with van der Waals surface area (Å²) in [6.07, 6.45) is 5.27. The predicted molar refractivity (Wildman–Crippen MR) is 320 cm³/mol. The molecule has 2 fully saturated rings. The van der Waals surface area contributed by atoms with Crippen LogP contribution in [-0.2, 0) is 19.1 Å². The number of hydrogen-bond donors (Lipinski definition) is 1. The van der Waals surface area contributed by atoms with Crippen molar-refractivity contribution in [1.82, 2.24) is 15.1 Å². The highest BCUT2D eigenvalue weighted by molar-refractivity contribution is 8.00. The summed E-state index contributed by atoms with van der Waals surface area (Å²) in [5.74, 6) is 2.27. The number of carbonyl (C=O) groups excluding carboxylic acids is 1. The van der Waals surface area contributed by atoms with Crippen LogP contribution in [0.4, 0.5) is 0 Å². The minimum absolute atomic E-state index is 0.0653. The van der Waals surface area contributed by atoms with Crippen molar-refractivity contribution in [3.8, 4) is 0 Å². The minimum atomic E-state index is -0.448. The van der Waals surface area contributed by atoms with Crippen LogP contribution in [0, 0.1) is 5.92 Å². The number of piperidine rings is 1. The van der Waals surface area contributed by atoms with Crippen LogP contribution in [-0.4, -0.2) is 84.8 Å². The third kappa shape index (κ3) is 11.6. The Morgan fingerprint density at radius 1 is 0.605 bits per heavy atom. The highest BCUT2D eigenvalue weighted by Gasteiger charge is 2.49. The Kier molecular flexibility index (Phi) is 17.9. The first-order chi connectivity index (χ1) is 37.5. The smallest absolute Gasteiger partial charge is 0.234 e. The van der Waals surface area contributed by atoms with E-state index in [4.69, 9.17) is 9.99 Å². The summed E-state index contributed by atoms with van der Waals surface area (Å²) in [6.45, 7) is 5.68. The highest BCUT2D eigenvalue weighted by atomic mass is 32.2. The van der Waals surface area contributed by atoms with Crippen molar-refractivity contribution in [2.24, 2.45) is 11.1 Å². The second kappa shape index (κ2) is 25.6. The summed E-state index contributed by atoms with van der Waals surface area (Å²) < 4.78 is -0.891. The Morgan fingerprint density at radius 3 is 1.57 bits per heavy atom. The van der Waals surface area contributed by atoms with E-state index in [-0.39, 0.29) is 11.8 Å². The van der Waals surface area contributed by atoms with Crippen LogP contribution < -0.4 is 5.32 Å². The molecule has 1 amide bonds. The van der Waals surface area contributed by atoms with Gasteiger partial charge in [0.05, 0.1) is 21.8 Å². The topological polar surface area (TPSA) is 57.2 Å². The zero-order valence-corrected chi connectivity index (χ0v) is 45.8. The Labute approximate surface area is 460 Å². The molecule has 2 aliphatic rings. The van der Waals surface area contributed by atoms with Crippen molar-refractivity contribution >= 4 is 45.9 Å². The molecule has 0 saturated carbocycles. The van der Waals surface area contributed by atoms with Gasteiger partial charge in [0.25, 0.3) is 0 Å². The standard InChI is InChI=1S/C68H72N4O2S2/c1-3-63(70-74-2)66-62(54-40-39-52-25-22-23-26-53(52)49-54)50-61-41-42-64(66)72(61)45-24-44-71(46-48-76-68(58-33-16-7-17-34-58,59-35-18-8-19-36-59)60-37-20-9-21-38-60)51-65(73)69-43-47-75-67(55-27-10-4-11-28-55,56-29-12-5-13-30-56)57-31-14-6-15-32-57/h4-23,25-40,49,61-62,64,66H,3,24,41-48,50-51H2,1-2H3,(H,69,73)/t61?,62-,64?,66-/m1/s1.